The highest BCUT2D eigenvalue weighted by Gasteiger charge is 2.14. The molecule has 158 valence electrons. The van der Waals surface area contributed by atoms with Crippen LogP contribution in [0.3, 0.4) is 0 Å². The number of hydrogen-bond donors (Lipinski definition) is 1. The van der Waals surface area contributed by atoms with E-state index in [1.165, 1.54) is 0 Å². The molecule has 1 aliphatic heterocycles. The van der Waals surface area contributed by atoms with Crippen LogP contribution in [0.5, 0.6) is 11.5 Å². The Morgan fingerprint density at radius 2 is 1.68 bits per heavy atom. The van der Waals surface area contributed by atoms with Crippen molar-refractivity contribution in [1.29, 1.82) is 0 Å². The van der Waals surface area contributed by atoms with Crippen LogP contribution in [0.15, 0.2) is 58.8 Å². The standard InChI is InChI=1S/C23H22N4O3S/c1-14-10-15(2)25-23(24-14)31-12-17-4-6-18(7-5-17)22(28)27-26-16(3)19-8-9-20-21(11-19)30-13-29-20/h4-11H,12-13H2,1-3H3,(H,27,28)/b26-16+. The first kappa shape index (κ1) is 20.9. The lowest BCUT2D eigenvalue weighted by Crippen LogP contribution is -2.19. The molecule has 0 bridgehead atoms. The lowest BCUT2D eigenvalue weighted by atomic mass is 10.1. The first-order valence-corrected chi connectivity index (χ1v) is 10.8. The second kappa shape index (κ2) is 9.18. The Bertz CT molecular complexity index is 1130. The van der Waals surface area contributed by atoms with E-state index in [9.17, 15) is 4.79 Å². The number of ether oxygens (including phenoxy) is 2. The molecular formula is C23H22N4O3S. The van der Waals surface area contributed by atoms with E-state index in [2.05, 4.69) is 20.5 Å². The van der Waals surface area contributed by atoms with Crippen molar-refractivity contribution in [2.24, 2.45) is 5.10 Å². The second-order valence-electron chi connectivity index (χ2n) is 7.13. The van der Waals surface area contributed by atoms with Gasteiger partial charge in [-0.3, -0.25) is 4.79 Å². The van der Waals surface area contributed by atoms with E-state index in [-0.39, 0.29) is 12.7 Å². The Morgan fingerprint density at radius 1 is 1.00 bits per heavy atom. The SMILES string of the molecule is C/C(=N\NC(=O)c1ccc(CSc2nc(C)cc(C)n2)cc1)c1ccc2c(c1)OCO2. The number of carbonyl (C=O) groups excluding carboxylic acids is 1. The number of carbonyl (C=O) groups is 1. The third-order valence-electron chi connectivity index (χ3n) is 4.66. The monoisotopic (exact) mass is 434 g/mol. The minimum absolute atomic E-state index is 0.220. The van der Waals surface area contributed by atoms with Gasteiger partial charge in [0.25, 0.3) is 5.91 Å². The zero-order valence-corrected chi connectivity index (χ0v) is 18.3. The van der Waals surface area contributed by atoms with E-state index in [1.807, 2.05) is 57.2 Å². The number of nitrogens with zero attached hydrogens (tertiary/aromatic N) is 3. The van der Waals surface area contributed by atoms with Gasteiger partial charge in [0.2, 0.25) is 6.79 Å². The van der Waals surface area contributed by atoms with Crippen LogP contribution in [0.25, 0.3) is 0 Å². The number of benzene rings is 2. The van der Waals surface area contributed by atoms with Gasteiger partial charge in [-0.1, -0.05) is 23.9 Å². The molecule has 1 aromatic heterocycles. The average molecular weight is 435 g/mol. The van der Waals surface area contributed by atoms with Gasteiger partial charge in [0.05, 0.1) is 5.71 Å². The second-order valence-corrected chi connectivity index (χ2v) is 8.07. The van der Waals surface area contributed by atoms with Gasteiger partial charge < -0.3 is 9.47 Å². The molecule has 0 fully saturated rings. The third kappa shape index (κ3) is 5.21. The van der Waals surface area contributed by atoms with E-state index in [0.717, 1.165) is 33.4 Å². The molecule has 7 nitrogen and oxygen atoms in total. The highest BCUT2D eigenvalue weighted by Crippen LogP contribution is 2.32. The van der Waals surface area contributed by atoms with Crippen LogP contribution in [0.4, 0.5) is 0 Å². The normalized spacial score (nSPS) is 12.7. The van der Waals surface area contributed by atoms with Gasteiger partial charge in [0.15, 0.2) is 16.7 Å². The van der Waals surface area contributed by atoms with E-state index >= 15 is 0 Å². The molecule has 4 rings (SSSR count). The number of hydrogen-bond acceptors (Lipinski definition) is 7. The molecular weight excluding hydrogens is 412 g/mol. The molecule has 8 heteroatoms. The number of nitrogens with one attached hydrogen (secondary N) is 1. The summed E-state index contributed by atoms with van der Waals surface area (Å²) < 4.78 is 10.7. The number of fused-ring (bicyclic) bond motifs is 1. The first-order chi connectivity index (χ1) is 15.0. The fourth-order valence-corrected chi connectivity index (χ4v) is 3.95. The van der Waals surface area contributed by atoms with Gasteiger partial charge >= 0.3 is 0 Å². The van der Waals surface area contributed by atoms with Crippen molar-refractivity contribution in [3.8, 4) is 11.5 Å². The van der Waals surface area contributed by atoms with Crippen LogP contribution in [0.2, 0.25) is 0 Å². The molecule has 1 aliphatic rings. The summed E-state index contributed by atoms with van der Waals surface area (Å²) in [6.07, 6.45) is 0. The maximum atomic E-state index is 12.4. The van der Waals surface area contributed by atoms with Crippen LogP contribution in [-0.4, -0.2) is 28.4 Å². The molecule has 3 aromatic rings. The summed E-state index contributed by atoms with van der Waals surface area (Å²) in [5, 5.41) is 4.97. The van der Waals surface area contributed by atoms with Crippen LogP contribution in [0, 0.1) is 13.8 Å². The van der Waals surface area contributed by atoms with Gasteiger partial charge in [-0.25, -0.2) is 15.4 Å². The van der Waals surface area contributed by atoms with Crippen molar-refractivity contribution < 1.29 is 14.3 Å². The predicted molar refractivity (Wildman–Crippen MR) is 120 cm³/mol. The Morgan fingerprint density at radius 3 is 2.42 bits per heavy atom. The van der Waals surface area contributed by atoms with Gasteiger partial charge in [0.1, 0.15) is 0 Å². The highest BCUT2D eigenvalue weighted by atomic mass is 32.2. The predicted octanol–water partition coefficient (Wildman–Crippen LogP) is 4.27. The fraction of sp³-hybridized carbons (Fsp3) is 0.217. The Kier molecular flexibility index (Phi) is 6.18. The number of hydrazone groups is 1. The molecule has 0 saturated heterocycles. The van der Waals surface area contributed by atoms with Crippen molar-refractivity contribution >= 4 is 23.4 Å². The topological polar surface area (TPSA) is 85.7 Å². The average Bonchev–Trinajstić information content (AvgIpc) is 3.23. The van der Waals surface area contributed by atoms with E-state index in [0.29, 0.717) is 22.8 Å². The summed E-state index contributed by atoms with van der Waals surface area (Å²) in [6, 6.07) is 15.0. The minimum atomic E-state index is -0.267. The maximum absolute atomic E-state index is 12.4. The van der Waals surface area contributed by atoms with Crippen molar-refractivity contribution in [3.63, 3.8) is 0 Å². The molecule has 2 aromatic carbocycles. The van der Waals surface area contributed by atoms with Gasteiger partial charge in [-0.15, -0.1) is 0 Å². The van der Waals surface area contributed by atoms with Crippen molar-refractivity contribution in [1.82, 2.24) is 15.4 Å². The summed E-state index contributed by atoms with van der Waals surface area (Å²) in [5.41, 5.74) is 7.67. The van der Waals surface area contributed by atoms with E-state index in [1.54, 1.807) is 23.9 Å². The van der Waals surface area contributed by atoms with E-state index < -0.39 is 0 Å². The third-order valence-corrected chi connectivity index (χ3v) is 5.58. The number of thioether (sulfide) groups is 1. The van der Waals surface area contributed by atoms with Gasteiger partial charge in [-0.2, -0.15) is 5.10 Å². The molecule has 1 N–H and O–H groups in total. The van der Waals surface area contributed by atoms with Crippen LogP contribution in [-0.2, 0) is 5.75 Å². The summed E-state index contributed by atoms with van der Waals surface area (Å²) in [5.74, 6) is 1.85. The Balaban J connectivity index is 1.35. The summed E-state index contributed by atoms with van der Waals surface area (Å²) >= 11 is 1.57. The zero-order valence-electron chi connectivity index (χ0n) is 17.5. The summed E-state index contributed by atoms with van der Waals surface area (Å²) in [6.45, 7) is 5.97. The van der Waals surface area contributed by atoms with Gasteiger partial charge in [-0.05, 0) is 62.7 Å². The van der Waals surface area contributed by atoms with Crippen LogP contribution in [0.1, 0.15) is 39.8 Å². The molecule has 2 heterocycles. The summed E-state index contributed by atoms with van der Waals surface area (Å²) in [4.78, 5) is 21.3. The quantitative estimate of drug-likeness (QED) is 0.270. The molecule has 0 saturated carbocycles. The highest BCUT2D eigenvalue weighted by molar-refractivity contribution is 7.98. The molecule has 0 atom stereocenters. The molecule has 0 radical (unpaired) electrons. The van der Waals surface area contributed by atoms with Crippen LogP contribution < -0.4 is 14.9 Å². The zero-order chi connectivity index (χ0) is 21.8. The number of rotatable bonds is 6. The van der Waals surface area contributed by atoms with Gasteiger partial charge in [0, 0.05) is 28.3 Å². The fourth-order valence-electron chi connectivity index (χ4n) is 3.04. The lowest BCUT2D eigenvalue weighted by molar-refractivity contribution is 0.0955. The molecule has 0 unspecified atom stereocenters. The minimum Gasteiger partial charge on any atom is -0.454 e. The largest absolute Gasteiger partial charge is 0.454 e. The molecule has 0 spiro atoms. The molecule has 1 amide bonds. The lowest BCUT2D eigenvalue weighted by Gasteiger charge is -2.06. The van der Waals surface area contributed by atoms with Crippen molar-refractivity contribution in [3.05, 3.63) is 76.6 Å². The Labute approximate surface area is 184 Å². The van der Waals surface area contributed by atoms with Crippen molar-refractivity contribution in [2.75, 3.05) is 6.79 Å². The molecule has 31 heavy (non-hydrogen) atoms. The Hall–Kier alpha value is -3.39. The molecule has 0 aliphatic carbocycles. The van der Waals surface area contributed by atoms with Crippen molar-refractivity contribution in [2.45, 2.75) is 31.7 Å². The number of amides is 1. The maximum Gasteiger partial charge on any atom is 0.271 e. The summed E-state index contributed by atoms with van der Waals surface area (Å²) in [7, 11) is 0. The number of aryl methyl sites for hydroxylation is 2. The van der Waals surface area contributed by atoms with E-state index in [4.69, 9.17) is 9.47 Å². The smallest absolute Gasteiger partial charge is 0.271 e. The first-order valence-electron chi connectivity index (χ1n) is 9.76. The number of aromatic nitrogens is 2. The van der Waals surface area contributed by atoms with Crippen LogP contribution >= 0.6 is 11.8 Å².